The lowest BCUT2D eigenvalue weighted by molar-refractivity contribution is 0.0242. The number of nitrogens with one attached hydrogen (secondary N) is 1. The van der Waals surface area contributed by atoms with Gasteiger partial charge in [0.25, 0.3) is 11.8 Å². The van der Waals surface area contributed by atoms with Crippen molar-refractivity contribution >= 4 is 29.3 Å². The summed E-state index contributed by atoms with van der Waals surface area (Å²) in [6.07, 6.45) is 8.71. The Morgan fingerprint density at radius 1 is 1.19 bits per heavy atom. The molecular weight excluding hydrogens is 418 g/mol. The maximum Gasteiger partial charge on any atom is 0.301 e. The van der Waals surface area contributed by atoms with Gasteiger partial charge in [-0.3, -0.25) is 19.3 Å². The van der Waals surface area contributed by atoms with Gasteiger partial charge in [-0.1, -0.05) is 0 Å². The van der Waals surface area contributed by atoms with E-state index in [1.165, 1.54) is 18.5 Å². The lowest BCUT2D eigenvalue weighted by Crippen LogP contribution is -2.41. The zero-order chi connectivity index (χ0) is 21.8. The summed E-state index contributed by atoms with van der Waals surface area (Å²) in [5.74, 6) is -0.292. The average molecular weight is 435 g/mol. The highest BCUT2D eigenvalue weighted by Crippen LogP contribution is 2.30. The molecule has 3 N–H and O–H groups in total. The Hall–Kier alpha value is -4.19. The van der Waals surface area contributed by atoms with Gasteiger partial charge in [-0.05, 0) is 12.5 Å². The Labute approximate surface area is 180 Å². The van der Waals surface area contributed by atoms with Crippen LogP contribution in [0.5, 0.6) is 0 Å². The number of ether oxygens (including phenoxy) is 1. The number of aromatic nitrogens is 4. The molecule has 0 spiro atoms. The number of hydrogen-bond acceptors (Lipinski definition) is 9. The molecule has 6 heterocycles. The van der Waals surface area contributed by atoms with E-state index in [4.69, 9.17) is 19.3 Å². The molecule has 12 nitrogen and oxygen atoms in total. The van der Waals surface area contributed by atoms with Crippen molar-refractivity contribution in [3.8, 4) is 11.3 Å². The van der Waals surface area contributed by atoms with Crippen molar-refractivity contribution in [2.24, 2.45) is 5.73 Å². The predicted octanol–water partition coefficient (Wildman–Crippen LogP) is 1.43. The fourth-order valence-electron chi connectivity index (χ4n) is 4.14. The van der Waals surface area contributed by atoms with Crippen LogP contribution < -0.4 is 11.1 Å². The molecule has 4 aromatic rings. The number of furan rings is 1. The molecule has 2 unspecified atom stereocenters. The highest BCUT2D eigenvalue weighted by atomic mass is 16.5. The first-order chi connectivity index (χ1) is 15.6. The number of primary amides is 1. The van der Waals surface area contributed by atoms with E-state index in [-0.39, 0.29) is 35.6 Å². The number of fused-ring (bicyclic) bond motifs is 3. The van der Waals surface area contributed by atoms with E-state index < -0.39 is 5.91 Å². The molecule has 162 valence electrons. The number of morpholine rings is 1. The summed E-state index contributed by atoms with van der Waals surface area (Å²) in [5, 5.41) is 2.97. The number of nitrogens with zero attached hydrogens (tertiary/aromatic N) is 5. The number of carbonyl (C=O) groups is 2. The van der Waals surface area contributed by atoms with Gasteiger partial charge in [0.05, 0.1) is 36.8 Å². The minimum absolute atomic E-state index is 0.0465. The number of oxazole rings is 1. The van der Waals surface area contributed by atoms with Crippen LogP contribution in [0.15, 0.2) is 46.0 Å². The molecule has 0 radical (unpaired) electrons. The third-order valence-electron chi connectivity index (χ3n) is 5.67. The van der Waals surface area contributed by atoms with Gasteiger partial charge >= 0.3 is 6.01 Å². The van der Waals surface area contributed by atoms with Gasteiger partial charge < -0.3 is 24.2 Å². The highest BCUT2D eigenvalue weighted by Gasteiger charge is 2.42. The molecule has 2 saturated heterocycles. The molecular formula is C20H17N7O5. The lowest BCUT2D eigenvalue weighted by atomic mass is 10.2. The van der Waals surface area contributed by atoms with Crippen molar-refractivity contribution in [2.75, 3.05) is 18.5 Å². The van der Waals surface area contributed by atoms with Gasteiger partial charge in [-0.15, -0.1) is 0 Å². The molecule has 2 aliphatic heterocycles. The number of carbonyl (C=O) groups excluding carboxylic acids is 2. The standard InChI is InChI=1S/C20H17N7O5/c21-16(28)14-3-10(8-31-14)13-5-23-17(18-22-1-2-26(13)18)25-20-24-6-15(32-20)19(29)27-7-12-4-11(27)9-30-12/h1-3,5-6,8,11-12H,4,7,9H2,(H2,21,28)(H,23,24,25). The number of anilines is 2. The van der Waals surface area contributed by atoms with E-state index in [2.05, 4.69) is 20.3 Å². The number of hydrogen-bond donors (Lipinski definition) is 2. The SMILES string of the molecule is NC(=O)c1cc(-c2cnc(Nc3ncc(C(=O)N4CC5CC4CO5)o3)c3nccn23)co1. The van der Waals surface area contributed by atoms with Crippen molar-refractivity contribution in [1.29, 1.82) is 0 Å². The molecule has 2 bridgehead atoms. The Bertz CT molecular complexity index is 1360. The van der Waals surface area contributed by atoms with Crippen LogP contribution in [0, 0.1) is 0 Å². The van der Waals surface area contributed by atoms with Crippen molar-refractivity contribution in [1.82, 2.24) is 24.3 Å². The highest BCUT2D eigenvalue weighted by molar-refractivity contribution is 5.92. The van der Waals surface area contributed by atoms with Crippen LogP contribution in [0.2, 0.25) is 0 Å². The summed E-state index contributed by atoms with van der Waals surface area (Å²) < 4.78 is 18.1. The van der Waals surface area contributed by atoms with Gasteiger partial charge in [-0.25, -0.2) is 15.0 Å². The van der Waals surface area contributed by atoms with Crippen LogP contribution in [-0.2, 0) is 4.74 Å². The van der Waals surface area contributed by atoms with Gasteiger partial charge in [0.2, 0.25) is 5.76 Å². The quantitative estimate of drug-likeness (QED) is 0.474. The monoisotopic (exact) mass is 435 g/mol. The molecule has 0 aliphatic carbocycles. The fraction of sp³-hybridized carbons (Fsp3) is 0.250. The average Bonchev–Trinajstić information content (AvgIpc) is 3.61. The van der Waals surface area contributed by atoms with Crippen molar-refractivity contribution < 1.29 is 23.2 Å². The van der Waals surface area contributed by atoms with Crippen LogP contribution >= 0.6 is 0 Å². The second-order valence-corrected chi connectivity index (χ2v) is 7.63. The van der Waals surface area contributed by atoms with Gasteiger partial charge in [0, 0.05) is 24.5 Å². The van der Waals surface area contributed by atoms with Crippen LogP contribution in [0.3, 0.4) is 0 Å². The van der Waals surface area contributed by atoms with E-state index >= 15 is 0 Å². The van der Waals surface area contributed by atoms with Gasteiger partial charge in [0.1, 0.15) is 6.26 Å². The summed E-state index contributed by atoms with van der Waals surface area (Å²) in [5.41, 5.74) is 7.02. The molecule has 6 rings (SSSR count). The number of imidazole rings is 1. The maximum absolute atomic E-state index is 12.8. The Morgan fingerprint density at radius 2 is 2.09 bits per heavy atom. The molecule has 0 saturated carbocycles. The van der Waals surface area contributed by atoms with Crippen LogP contribution in [0.25, 0.3) is 16.9 Å². The summed E-state index contributed by atoms with van der Waals surface area (Å²) in [6, 6.07) is 1.75. The Balaban J connectivity index is 1.26. The van der Waals surface area contributed by atoms with E-state index in [9.17, 15) is 9.59 Å². The van der Waals surface area contributed by atoms with Gasteiger partial charge in [0.15, 0.2) is 17.2 Å². The second-order valence-electron chi connectivity index (χ2n) is 7.63. The molecule has 4 aromatic heterocycles. The first-order valence-corrected chi connectivity index (χ1v) is 9.93. The van der Waals surface area contributed by atoms with Crippen molar-refractivity contribution in [2.45, 2.75) is 18.6 Å². The van der Waals surface area contributed by atoms with Crippen LogP contribution in [0.1, 0.15) is 27.5 Å². The van der Waals surface area contributed by atoms with E-state index in [0.29, 0.717) is 35.9 Å². The number of likely N-dealkylation sites (tertiary alicyclic amines) is 1. The van der Waals surface area contributed by atoms with Gasteiger partial charge in [-0.2, -0.15) is 0 Å². The summed E-state index contributed by atoms with van der Waals surface area (Å²) in [7, 11) is 0. The zero-order valence-corrected chi connectivity index (χ0v) is 16.6. The molecule has 12 heteroatoms. The molecule has 0 aromatic carbocycles. The number of nitrogens with two attached hydrogens (primary N) is 1. The predicted molar refractivity (Wildman–Crippen MR) is 108 cm³/mol. The third kappa shape index (κ3) is 2.92. The lowest BCUT2D eigenvalue weighted by Gasteiger charge is -2.25. The largest absolute Gasteiger partial charge is 0.458 e. The minimum Gasteiger partial charge on any atom is -0.458 e. The van der Waals surface area contributed by atoms with E-state index in [1.54, 1.807) is 27.9 Å². The summed E-state index contributed by atoms with van der Waals surface area (Å²) in [4.78, 5) is 38.7. The Morgan fingerprint density at radius 3 is 2.84 bits per heavy atom. The first-order valence-electron chi connectivity index (χ1n) is 9.93. The molecule has 2 aliphatic rings. The maximum atomic E-state index is 12.8. The molecule has 2 amide bonds. The van der Waals surface area contributed by atoms with Crippen LogP contribution in [-0.4, -0.2) is 61.4 Å². The normalized spacial score (nSPS) is 19.7. The molecule has 2 atom stereocenters. The van der Waals surface area contributed by atoms with E-state index in [0.717, 1.165) is 6.42 Å². The minimum atomic E-state index is -0.659. The van der Waals surface area contributed by atoms with Crippen molar-refractivity contribution in [3.63, 3.8) is 0 Å². The Kier molecular flexibility index (Phi) is 4.01. The van der Waals surface area contributed by atoms with E-state index in [1.807, 2.05) is 0 Å². The fourth-order valence-corrected chi connectivity index (χ4v) is 4.14. The second kappa shape index (κ2) is 6.92. The number of amides is 2. The molecule has 2 fully saturated rings. The third-order valence-corrected chi connectivity index (χ3v) is 5.67. The van der Waals surface area contributed by atoms with Crippen LogP contribution in [0.4, 0.5) is 11.8 Å². The smallest absolute Gasteiger partial charge is 0.301 e. The summed E-state index contributed by atoms with van der Waals surface area (Å²) in [6.45, 7) is 1.12. The zero-order valence-electron chi connectivity index (χ0n) is 16.6. The van der Waals surface area contributed by atoms with Crippen molar-refractivity contribution in [3.05, 3.63) is 48.6 Å². The number of rotatable bonds is 5. The molecule has 32 heavy (non-hydrogen) atoms. The first kappa shape index (κ1) is 18.6. The topological polar surface area (TPSA) is 154 Å². The summed E-state index contributed by atoms with van der Waals surface area (Å²) >= 11 is 0.